The van der Waals surface area contributed by atoms with Gasteiger partial charge in [-0.3, -0.25) is 4.79 Å². The summed E-state index contributed by atoms with van der Waals surface area (Å²) in [5, 5.41) is 0.830. The van der Waals surface area contributed by atoms with Gasteiger partial charge in [0.2, 0.25) is 0 Å². The molecule has 0 aliphatic carbocycles. The first-order valence-corrected chi connectivity index (χ1v) is 5.50. The summed E-state index contributed by atoms with van der Waals surface area (Å²) in [5.41, 5.74) is 0.365. The molecular formula is C9H8Cl2OS. The first-order chi connectivity index (χ1) is 6.19. The van der Waals surface area contributed by atoms with Crippen molar-refractivity contribution < 1.29 is 4.79 Å². The molecule has 13 heavy (non-hydrogen) atoms. The lowest BCUT2D eigenvalue weighted by Gasteiger charge is -2.03. The van der Waals surface area contributed by atoms with E-state index in [9.17, 15) is 4.79 Å². The molecule has 70 valence electrons. The number of carbonyl (C=O) groups is 1. The SMILES string of the molecule is CCSc1cc(Cl)c(C=O)c(Cl)c1. The van der Waals surface area contributed by atoms with Gasteiger partial charge in [-0.25, -0.2) is 0 Å². The Bertz CT molecular complexity index is 302. The predicted octanol–water partition coefficient (Wildman–Crippen LogP) is 3.92. The van der Waals surface area contributed by atoms with Crippen LogP contribution < -0.4 is 0 Å². The average molecular weight is 235 g/mol. The molecule has 0 atom stereocenters. The number of aldehydes is 1. The molecule has 0 aromatic heterocycles. The van der Waals surface area contributed by atoms with Gasteiger partial charge in [0.1, 0.15) is 0 Å². The van der Waals surface area contributed by atoms with Crippen LogP contribution in [0.3, 0.4) is 0 Å². The van der Waals surface area contributed by atoms with Crippen LogP contribution in [0.15, 0.2) is 17.0 Å². The highest BCUT2D eigenvalue weighted by Crippen LogP contribution is 2.29. The minimum Gasteiger partial charge on any atom is -0.298 e. The molecule has 1 rings (SSSR count). The van der Waals surface area contributed by atoms with Crippen molar-refractivity contribution in [3.8, 4) is 0 Å². The van der Waals surface area contributed by atoms with E-state index in [1.165, 1.54) is 0 Å². The standard InChI is InChI=1S/C9H8Cl2OS/c1-2-13-6-3-8(10)7(5-12)9(11)4-6/h3-5H,2H2,1H3. The van der Waals surface area contributed by atoms with Crippen molar-refractivity contribution in [2.24, 2.45) is 0 Å². The van der Waals surface area contributed by atoms with E-state index in [0.717, 1.165) is 10.6 Å². The Kier molecular flexibility index (Phi) is 4.10. The van der Waals surface area contributed by atoms with Crippen LogP contribution in [0.2, 0.25) is 10.0 Å². The molecule has 0 amide bonds. The molecular weight excluding hydrogens is 227 g/mol. The molecule has 1 aromatic carbocycles. The van der Waals surface area contributed by atoms with E-state index in [1.807, 2.05) is 6.92 Å². The van der Waals surface area contributed by atoms with Gasteiger partial charge in [-0.1, -0.05) is 30.1 Å². The summed E-state index contributed by atoms with van der Waals surface area (Å²) in [6, 6.07) is 3.51. The Morgan fingerprint density at radius 1 is 1.38 bits per heavy atom. The highest BCUT2D eigenvalue weighted by molar-refractivity contribution is 7.99. The number of thioether (sulfide) groups is 1. The molecule has 0 aliphatic rings. The maximum Gasteiger partial charge on any atom is 0.153 e. The highest BCUT2D eigenvalue weighted by Gasteiger charge is 2.06. The Labute approximate surface area is 91.4 Å². The lowest BCUT2D eigenvalue weighted by Crippen LogP contribution is -1.85. The van der Waals surface area contributed by atoms with Gasteiger partial charge in [0.15, 0.2) is 6.29 Å². The van der Waals surface area contributed by atoms with Crippen LogP contribution in [-0.4, -0.2) is 12.0 Å². The number of halogens is 2. The normalized spacial score (nSPS) is 10.1. The van der Waals surface area contributed by atoms with Crippen LogP contribution in [0.25, 0.3) is 0 Å². The fraction of sp³-hybridized carbons (Fsp3) is 0.222. The number of carbonyl (C=O) groups excluding carboxylic acids is 1. The van der Waals surface area contributed by atoms with Gasteiger partial charge in [0, 0.05) is 4.90 Å². The molecule has 0 aliphatic heterocycles. The average Bonchev–Trinajstić information content (AvgIpc) is 2.04. The summed E-state index contributed by atoms with van der Waals surface area (Å²) >= 11 is 13.3. The summed E-state index contributed by atoms with van der Waals surface area (Å²) < 4.78 is 0. The first-order valence-electron chi connectivity index (χ1n) is 3.76. The zero-order valence-corrected chi connectivity index (χ0v) is 9.34. The molecule has 0 radical (unpaired) electrons. The van der Waals surface area contributed by atoms with E-state index in [1.54, 1.807) is 23.9 Å². The van der Waals surface area contributed by atoms with Crippen LogP contribution in [0.1, 0.15) is 17.3 Å². The van der Waals surface area contributed by atoms with Crippen molar-refractivity contribution >= 4 is 41.2 Å². The van der Waals surface area contributed by atoms with Gasteiger partial charge in [-0.2, -0.15) is 0 Å². The van der Waals surface area contributed by atoms with E-state index >= 15 is 0 Å². The number of rotatable bonds is 3. The maximum absolute atomic E-state index is 10.5. The molecule has 4 heteroatoms. The second-order valence-corrected chi connectivity index (χ2v) is 4.50. The number of benzene rings is 1. The topological polar surface area (TPSA) is 17.1 Å². The molecule has 0 unspecified atom stereocenters. The largest absolute Gasteiger partial charge is 0.298 e. The predicted molar refractivity (Wildman–Crippen MR) is 58.2 cm³/mol. The quantitative estimate of drug-likeness (QED) is 0.583. The second-order valence-electron chi connectivity index (χ2n) is 2.35. The minimum absolute atomic E-state index is 0.365. The number of hydrogen-bond acceptors (Lipinski definition) is 2. The van der Waals surface area contributed by atoms with Crippen molar-refractivity contribution in [2.75, 3.05) is 5.75 Å². The van der Waals surface area contributed by atoms with Gasteiger partial charge >= 0.3 is 0 Å². The summed E-state index contributed by atoms with van der Waals surface area (Å²) in [4.78, 5) is 11.5. The van der Waals surface area contributed by atoms with Crippen molar-refractivity contribution in [2.45, 2.75) is 11.8 Å². The summed E-state index contributed by atoms with van der Waals surface area (Å²) in [6.07, 6.45) is 0.672. The van der Waals surface area contributed by atoms with E-state index in [2.05, 4.69) is 0 Å². The molecule has 0 N–H and O–H groups in total. The van der Waals surface area contributed by atoms with Crippen LogP contribution in [0, 0.1) is 0 Å². The Balaban J connectivity index is 3.12. The van der Waals surface area contributed by atoms with Gasteiger partial charge in [0.05, 0.1) is 15.6 Å². The lowest BCUT2D eigenvalue weighted by molar-refractivity contribution is 0.112. The first kappa shape index (κ1) is 10.9. The summed E-state index contributed by atoms with van der Waals surface area (Å²) in [7, 11) is 0. The zero-order chi connectivity index (χ0) is 9.84. The monoisotopic (exact) mass is 234 g/mol. The third-order valence-electron chi connectivity index (χ3n) is 1.48. The Hall–Kier alpha value is -0.180. The van der Waals surface area contributed by atoms with Gasteiger partial charge in [-0.15, -0.1) is 11.8 Å². The fourth-order valence-electron chi connectivity index (χ4n) is 0.924. The van der Waals surface area contributed by atoms with Gasteiger partial charge in [-0.05, 0) is 17.9 Å². The van der Waals surface area contributed by atoms with Gasteiger partial charge in [0.25, 0.3) is 0 Å². The third kappa shape index (κ3) is 2.63. The summed E-state index contributed by atoms with van der Waals surface area (Å²) in [5.74, 6) is 0.951. The van der Waals surface area contributed by atoms with E-state index in [-0.39, 0.29) is 0 Å². The molecule has 1 nitrogen and oxygen atoms in total. The van der Waals surface area contributed by atoms with Crippen LogP contribution in [0.4, 0.5) is 0 Å². The van der Waals surface area contributed by atoms with Crippen molar-refractivity contribution in [1.82, 2.24) is 0 Å². The van der Waals surface area contributed by atoms with Crippen molar-refractivity contribution in [3.05, 3.63) is 27.7 Å². The van der Waals surface area contributed by atoms with Crippen LogP contribution in [-0.2, 0) is 0 Å². The third-order valence-corrected chi connectivity index (χ3v) is 2.96. The molecule has 0 spiro atoms. The molecule has 0 heterocycles. The van der Waals surface area contributed by atoms with Gasteiger partial charge < -0.3 is 0 Å². The Morgan fingerprint density at radius 3 is 2.31 bits per heavy atom. The highest BCUT2D eigenvalue weighted by atomic mass is 35.5. The zero-order valence-electron chi connectivity index (χ0n) is 7.01. The van der Waals surface area contributed by atoms with E-state index in [0.29, 0.717) is 21.9 Å². The van der Waals surface area contributed by atoms with Crippen LogP contribution >= 0.6 is 35.0 Å². The molecule has 0 saturated carbocycles. The fourth-order valence-corrected chi connectivity index (χ4v) is 2.36. The number of hydrogen-bond donors (Lipinski definition) is 0. The van der Waals surface area contributed by atoms with Crippen molar-refractivity contribution in [1.29, 1.82) is 0 Å². The molecule has 0 bridgehead atoms. The van der Waals surface area contributed by atoms with E-state index in [4.69, 9.17) is 23.2 Å². The molecule has 1 aromatic rings. The smallest absolute Gasteiger partial charge is 0.153 e. The minimum atomic E-state index is 0.365. The Morgan fingerprint density at radius 2 is 1.92 bits per heavy atom. The second kappa shape index (κ2) is 4.89. The lowest BCUT2D eigenvalue weighted by atomic mass is 10.2. The van der Waals surface area contributed by atoms with Crippen molar-refractivity contribution in [3.63, 3.8) is 0 Å². The summed E-state index contributed by atoms with van der Waals surface area (Å²) in [6.45, 7) is 2.04. The van der Waals surface area contributed by atoms with E-state index < -0.39 is 0 Å². The maximum atomic E-state index is 10.5. The molecule has 0 saturated heterocycles. The molecule has 0 fully saturated rings. The van der Waals surface area contributed by atoms with Crippen LogP contribution in [0.5, 0.6) is 0 Å².